The van der Waals surface area contributed by atoms with Gasteiger partial charge in [0.1, 0.15) is 48.1 Å². The van der Waals surface area contributed by atoms with Gasteiger partial charge in [0.25, 0.3) is 0 Å². The first-order valence-electron chi connectivity index (χ1n) is 12.7. The highest BCUT2D eigenvalue weighted by Gasteiger charge is 2.53. The average Bonchev–Trinajstić information content (AvgIpc) is 3.73. The van der Waals surface area contributed by atoms with Crippen LogP contribution in [0.15, 0.2) is 25.3 Å². The minimum absolute atomic E-state index is 0.0580. The zero-order valence-corrected chi connectivity index (χ0v) is 25.3. The van der Waals surface area contributed by atoms with E-state index in [2.05, 4.69) is 29.9 Å². The Bertz CT molecular complexity index is 1840. The molecule has 4 aromatic heterocycles. The fraction of sp³-hybridized carbons (Fsp3) is 0.500. The first kappa shape index (κ1) is 30.2. The maximum atomic E-state index is 16.0. The number of halogens is 2. The van der Waals surface area contributed by atoms with Gasteiger partial charge in [-0.1, -0.05) is 0 Å². The van der Waals surface area contributed by atoms with Crippen LogP contribution in [0, 0.1) is 0 Å². The van der Waals surface area contributed by atoms with E-state index in [-0.39, 0.29) is 34.0 Å². The topological polar surface area (TPSA) is 235 Å². The molecule has 236 valence electrons. The summed E-state index contributed by atoms with van der Waals surface area (Å²) in [6.07, 6.45) is -7.82. The van der Waals surface area contributed by atoms with E-state index in [0.717, 1.165) is 0 Å². The van der Waals surface area contributed by atoms with E-state index in [0.29, 0.717) is 0 Å². The zero-order valence-electron chi connectivity index (χ0n) is 21.9. The predicted octanol–water partition coefficient (Wildman–Crippen LogP) is 0.552. The van der Waals surface area contributed by atoms with Crippen LogP contribution in [0.4, 0.5) is 20.4 Å². The highest BCUT2D eigenvalue weighted by Crippen LogP contribution is 2.54. The summed E-state index contributed by atoms with van der Waals surface area (Å²) in [5.74, 6) is 0.120. The molecule has 0 radical (unpaired) electrons. The Kier molecular flexibility index (Phi) is 7.63. The first-order chi connectivity index (χ1) is 20.9. The fourth-order valence-corrected chi connectivity index (χ4v) is 8.00. The second-order valence-electron chi connectivity index (χ2n) is 9.85. The third-order valence-electron chi connectivity index (χ3n) is 7.17. The summed E-state index contributed by atoms with van der Waals surface area (Å²) in [5, 5.41) is 0. The maximum absolute atomic E-state index is 16.0. The van der Waals surface area contributed by atoms with Crippen LogP contribution in [0.5, 0.6) is 0 Å². The standard InChI is InChI=1S/C20H22F2N10O8P2S2/c21-9-7-1-35-41(33,43)39-13-8(38-19(10(13)22)31-5-29-11-15(23)25-3-27-17(11)31)2-36-42(34,44)40-14(9)20(37-7)32-6-30-12-16(24)26-4-28-18(12)32/h3-10,13-14,19-20H,1-2H2,(H,33,43)(H,34,44)(H2,23,25,27)(H2,24,26,28)/t7-,8-,9-,10-,13-,14-,19-,20-,41?,42?/m1/s1. The van der Waals surface area contributed by atoms with Gasteiger partial charge in [0.15, 0.2) is 47.7 Å². The lowest BCUT2D eigenvalue weighted by molar-refractivity contribution is -0.0599. The van der Waals surface area contributed by atoms with Gasteiger partial charge >= 0.3 is 13.4 Å². The zero-order chi connectivity index (χ0) is 31.0. The molecule has 0 aromatic carbocycles. The van der Waals surface area contributed by atoms with Gasteiger partial charge in [-0.25, -0.2) is 38.7 Å². The lowest BCUT2D eigenvalue weighted by Gasteiger charge is -2.27. The molecule has 6 N–H and O–H groups in total. The van der Waals surface area contributed by atoms with Crippen molar-refractivity contribution in [3.63, 3.8) is 0 Å². The molecule has 7 heterocycles. The molecule has 24 heteroatoms. The van der Waals surface area contributed by atoms with Crippen molar-refractivity contribution >= 4 is 71.0 Å². The second kappa shape index (κ2) is 11.1. The third-order valence-corrected chi connectivity index (χ3v) is 10.3. The molecule has 0 aliphatic carbocycles. The van der Waals surface area contributed by atoms with Gasteiger partial charge in [0.05, 0.1) is 25.9 Å². The SMILES string of the molecule is Nc1ncnc2c1ncn2[C@@H]1O[C@@H]2COP(O)(=S)O[C@@H]3[C@H](F)[C@@H](COP(O)(=S)O[C@H]2[C@H]1F)O[C@H]3n1cnc2c(N)ncnc21. The summed E-state index contributed by atoms with van der Waals surface area (Å²) in [7, 11) is 0. The Balaban J connectivity index is 1.20. The molecule has 0 saturated carbocycles. The number of alkyl halides is 2. The Morgan fingerprint density at radius 1 is 0.727 bits per heavy atom. The first-order valence-corrected chi connectivity index (χ1v) is 17.9. The molecule has 3 aliphatic rings. The van der Waals surface area contributed by atoms with Crippen LogP contribution in [0.25, 0.3) is 22.3 Å². The van der Waals surface area contributed by atoms with Gasteiger partial charge in [0, 0.05) is 0 Å². The lowest BCUT2D eigenvalue weighted by Crippen LogP contribution is -2.34. The normalized spacial score (nSPS) is 38.3. The minimum Gasteiger partial charge on any atom is -0.382 e. The average molecular weight is 695 g/mol. The monoisotopic (exact) mass is 694 g/mol. The van der Waals surface area contributed by atoms with Crippen molar-refractivity contribution in [2.75, 3.05) is 24.7 Å². The number of nitrogen functional groups attached to an aromatic ring is 2. The number of hydrogen-bond donors (Lipinski definition) is 4. The summed E-state index contributed by atoms with van der Waals surface area (Å²) in [6, 6.07) is 0. The van der Waals surface area contributed by atoms with Crippen LogP contribution in [-0.2, 0) is 51.2 Å². The molecule has 3 fully saturated rings. The molecule has 2 unspecified atom stereocenters. The quantitative estimate of drug-likeness (QED) is 0.210. The van der Waals surface area contributed by atoms with Crippen LogP contribution in [0.1, 0.15) is 12.5 Å². The van der Waals surface area contributed by atoms with Crippen molar-refractivity contribution in [3.8, 4) is 0 Å². The second-order valence-corrected chi connectivity index (χ2v) is 15.4. The summed E-state index contributed by atoms with van der Waals surface area (Å²) < 4.78 is 68.2. The summed E-state index contributed by atoms with van der Waals surface area (Å²) in [5.41, 5.74) is 12.5. The van der Waals surface area contributed by atoms with Crippen LogP contribution in [0.3, 0.4) is 0 Å². The molecule has 0 amide bonds. The number of ether oxygens (including phenoxy) is 2. The predicted molar refractivity (Wildman–Crippen MR) is 152 cm³/mol. The van der Waals surface area contributed by atoms with Gasteiger partial charge in [-0.2, -0.15) is 0 Å². The minimum atomic E-state index is -4.28. The smallest absolute Gasteiger partial charge is 0.325 e. The maximum Gasteiger partial charge on any atom is 0.325 e. The molecule has 7 rings (SSSR count). The van der Waals surface area contributed by atoms with Crippen LogP contribution >= 0.6 is 13.4 Å². The summed E-state index contributed by atoms with van der Waals surface area (Å²) in [4.78, 5) is 46.1. The molecule has 2 bridgehead atoms. The van der Waals surface area contributed by atoms with Crippen molar-refractivity contribution in [1.82, 2.24) is 39.0 Å². The molecule has 0 spiro atoms. The van der Waals surface area contributed by atoms with Crippen molar-refractivity contribution in [1.29, 1.82) is 0 Å². The highest BCUT2D eigenvalue weighted by atomic mass is 32.5. The van der Waals surface area contributed by atoms with Gasteiger partial charge < -0.3 is 39.8 Å². The molecule has 3 aliphatic heterocycles. The third kappa shape index (κ3) is 5.27. The van der Waals surface area contributed by atoms with E-state index >= 15 is 8.78 Å². The van der Waals surface area contributed by atoms with E-state index < -0.39 is 75.9 Å². The van der Waals surface area contributed by atoms with Crippen molar-refractivity contribution in [2.24, 2.45) is 0 Å². The van der Waals surface area contributed by atoms with Crippen molar-refractivity contribution < 1.29 is 46.1 Å². The van der Waals surface area contributed by atoms with Crippen molar-refractivity contribution in [2.45, 2.75) is 49.2 Å². The number of imidazole rings is 2. The van der Waals surface area contributed by atoms with Gasteiger partial charge in [0.2, 0.25) is 0 Å². The number of nitrogens with two attached hydrogens (primary N) is 2. The number of anilines is 2. The molecule has 44 heavy (non-hydrogen) atoms. The molecular weight excluding hydrogens is 672 g/mol. The lowest BCUT2D eigenvalue weighted by atomic mass is 10.1. The van der Waals surface area contributed by atoms with Gasteiger partial charge in [-0.15, -0.1) is 0 Å². The Morgan fingerprint density at radius 3 is 1.82 bits per heavy atom. The van der Waals surface area contributed by atoms with Crippen LogP contribution < -0.4 is 11.5 Å². The van der Waals surface area contributed by atoms with Crippen LogP contribution in [-0.4, -0.2) is 98.8 Å². The fourth-order valence-electron chi connectivity index (χ4n) is 5.16. The largest absolute Gasteiger partial charge is 0.382 e. The van der Waals surface area contributed by atoms with E-state index in [1.54, 1.807) is 0 Å². The highest BCUT2D eigenvalue weighted by molar-refractivity contribution is 8.07. The molecule has 18 nitrogen and oxygen atoms in total. The van der Waals surface area contributed by atoms with Gasteiger partial charge in [-0.05, 0) is 23.6 Å². The van der Waals surface area contributed by atoms with E-state index in [1.807, 2.05) is 0 Å². The number of rotatable bonds is 2. The number of hydrogen-bond acceptors (Lipinski definition) is 16. The number of fused-ring (bicyclic) bond motifs is 5. The molecule has 3 saturated heterocycles. The van der Waals surface area contributed by atoms with E-state index in [4.69, 9.17) is 62.6 Å². The summed E-state index contributed by atoms with van der Waals surface area (Å²) >= 11 is 10.3. The Labute approximate surface area is 255 Å². The van der Waals surface area contributed by atoms with E-state index in [1.165, 1.54) is 34.4 Å². The van der Waals surface area contributed by atoms with E-state index in [9.17, 15) is 9.79 Å². The molecular formula is C20H22F2N10O8P2S2. The molecule has 10 atom stereocenters. The Hall–Kier alpha value is -2.46. The van der Waals surface area contributed by atoms with Crippen molar-refractivity contribution in [3.05, 3.63) is 25.3 Å². The number of nitrogens with zero attached hydrogens (tertiary/aromatic N) is 8. The van der Waals surface area contributed by atoms with Crippen LogP contribution in [0.2, 0.25) is 0 Å². The number of aromatic nitrogens is 8. The molecule has 4 aromatic rings. The summed E-state index contributed by atoms with van der Waals surface area (Å²) in [6.45, 7) is -9.82. The van der Waals surface area contributed by atoms with Gasteiger partial charge in [-0.3, -0.25) is 18.2 Å². The Morgan fingerprint density at radius 2 is 1.23 bits per heavy atom.